The van der Waals surface area contributed by atoms with Crippen LogP contribution in [0.5, 0.6) is 11.5 Å². The highest BCUT2D eigenvalue weighted by molar-refractivity contribution is 5.69. The lowest BCUT2D eigenvalue weighted by Gasteiger charge is -2.34. The van der Waals surface area contributed by atoms with Gasteiger partial charge >= 0.3 is 11.9 Å². The number of hydrogen-bond donors (Lipinski definition) is 4. The first-order valence-corrected chi connectivity index (χ1v) is 11.8. The van der Waals surface area contributed by atoms with E-state index in [9.17, 15) is 30.0 Å². The van der Waals surface area contributed by atoms with Crippen LogP contribution in [0.15, 0.2) is 48.5 Å². The molecule has 192 valence electrons. The molecule has 0 saturated carbocycles. The molecule has 0 saturated heterocycles. The summed E-state index contributed by atoms with van der Waals surface area (Å²) in [5.41, 5.74) is 1.14. The van der Waals surface area contributed by atoms with Gasteiger partial charge in [0, 0.05) is 43.4 Å². The smallest absolute Gasteiger partial charge is 0.317 e. The summed E-state index contributed by atoms with van der Waals surface area (Å²) in [6.07, 6.45) is 2.93. The maximum Gasteiger partial charge on any atom is 0.317 e. The summed E-state index contributed by atoms with van der Waals surface area (Å²) in [5.74, 6) is -1.95. The molecule has 1 unspecified atom stereocenters. The van der Waals surface area contributed by atoms with Crippen LogP contribution in [0.2, 0.25) is 0 Å². The first-order chi connectivity index (χ1) is 16.8. The van der Waals surface area contributed by atoms with E-state index in [0.717, 1.165) is 19.3 Å². The van der Waals surface area contributed by atoms with E-state index in [1.807, 2.05) is 0 Å². The molecule has 9 nitrogen and oxygen atoms in total. The Labute approximate surface area is 206 Å². The summed E-state index contributed by atoms with van der Waals surface area (Å²) in [4.78, 5) is 26.7. The zero-order chi connectivity index (χ0) is 25.6. The van der Waals surface area contributed by atoms with E-state index in [-0.39, 0.29) is 50.8 Å². The van der Waals surface area contributed by atoms with Gasteiger partial charge in [0.05, 0.1) is 19.7 Å². The molecule has 0 aliphatic carbocycles. The molecule has 35 heavy (non-hydrogen) atoms. The molecule has 0 bridgehead atoms. The fourth-order valence-electron chi connectivity index (χ4n) is 3.86. The molecular formula is C26H36N2O7. The second-order valence-electron chi connectivity index (χ2n) is 8.56. The van der Waals surface area contributed by atoms with Crippen LogP contribution in [0.1, 0.15) is 37.3 Å². The van der Waals surface area contributed by atoms with E-state index in [2.05, 4.69) is 6.92 Å². The average molecular weight is 489 g/mol. The normalized spacial score (nSPS) is 12.2. The Balaban J connectivity index is 2.29. The van der Waals surface area contributed by atoms with Crippen LogP contribution in [-0.2, 0) is 27.4 Å². The number of unbranched alkanes of at least 4 members (excludes halogenated alkanes) is 2. The van der Waals surface area contributed by atoms with Crippen LogP contribution in [0.25, 0.3) is 0 Å². The van der Waals surface area contributed by atoms with Crippen LogP contribution >= 0.6 is 0 Å². The van der Waals surface area contributed by atoms with Crippen molar-refractivity contribution in [2.45, 2.75) is 45.3 Å². The van der Waals surface area contributed by atoms with Gasteiger partial charge in [0.15, 0.2) is 0 Å². The average Bonchev–Trinajstić information content (AvgIpc) is 2.80. The topological polar surface area (TPSA) is 131 Å². The van der Waals surface area contributed by atoms with Gasteiger partial charge in [0.1, 0.15) is 11.5 Å². The molecule has 0 amide bonds. The summed E-state index contributed by atoms with van der Waals surface area (Å²) >= 11 is 0. The number of nitrogens with zero attached hydrogens (tertiary/aromatic N) is 2. The lowest BCUT2D eigenvalue weighted by atomic mass is 10.1. The van der Waals surface area contributed by atoms with Crippen LogP contribution < -0.4 is 0 Å². The third-order valence-electron chi connectivity index (χ3n) is 5.64. The van der Waals surface area contributed by atoms with Crippen LogP contribution in [0.3, 0.4) is 0 Å². The van der Waals surface area contributed by atoms with Crippen molar-refractivity contribution in [3.8, 4) is 11.5 Å². The van der Waals surface area contributed by atoms with Gasteiger partial charge in [0.2, 0.25) is 0 Å². The molecule has 0 radical (unpaired) electrons. The van der Waals surface area contributed by atoms with Gasteiger partial charge in [-0.05, 0) is 18.6 Å². The van der Waals surface area contributed by atoms with Crippen molar-refractivity contribution in [3.05, 3.63) is 59.7 Å². The third kappa shape index (κ3) is 10.3. The number of ether oxygens (including phenoxy) is 1. The summed E-state index contributed by atoms with van der Waals surface area (Å²) in [5, 5.41) is 39.5. The Morgan fingerprint density at radius 1 is 0.857 bits per heavy atom. The predicted molar refractivity (Wildman–Crippen MR) is 131 cm³/mol. The lowest BCUT2D eigenvalue weighted by molar-refractivity contribution is -0.141. The van der Waals surface area contributed by atoms with Crippen molar-refractivity contribution in [1.29, 1.82) is 0 Å². The Morgan fingerprint density at radius 3 is 1.97 bits per heavy atom. The van der Waals surface area contributed by atoms with E-state index in [0.29, 0.717) is 17.7 Å². The van der Waals surface area contributed by atoms with Crippen molar-refractivity contribution in [1.82, 2.24) is 9.80 Å². The Bertz CT molecular complexity index is 937. The number of para-hydroxylation sites is 2. The van der Waals surface area contributed by atoms with Gasteiger partial charge < -0.3 is 25.2 Å². The standard InChI is InChI=1S/C26H36N2O7/c1-2-3-8-13-35-19-22(28(18-26(33)34)15-21-10-5-7-12-24(21)30)16-27(17-25(31)32)14-20-9-4-6-11-23(20)29/h4-7,9-12,22,29-30H,2-3,8,13-19H2,1H3,(H,31,32)(H,33,34). The maximum atomic E-state index is 11.7. The largest absolute Gasteiger partial charge is 0.508 e. The molecule has 4 N–H and O–H groups in total. The summed E-state index contributed by atoms with van der Waals surface area (Å²) in [7, 11) is 0. The molecular weight excluding hydrogens is 452 g/mol. The zero-order valence-corrected chi connectivity index (χ0v) is 20.2. The molecule has 0 aromatic heterocycles. The summed E-state index contributed by atoms with van der Waals surface area (Å²) in [6.45, 7) is 2.71. The van der Waals surface area contributed by atoms with Crippen molar-refractivity contribution in [3.63, 3.8) is 0 Å². The number of rotatable bonds is 17. The molecule has 2 rings (SSSR count). The number of aromatic hydroxyl groups is 2. The predicted octanol–water partition coefficient (Wildman–Crippen LogP) is 3.15. The van der Waals surface area contributed by atoms with Gasteiger partial charge in [-0.15, -0.1) is 0 Å². The highest BCUT2D eigenvalue weighted by atomic mass is 16.5. The fourth-order valence-corrected chi connectivity index (χ4v) is 3.86. The molecule has 9 heteroatoms. The van der Waals surface area contributed by atoms with Gasteiger partial charge in [-0.25, -0.2) is 0 Å². The molecule has 1 atom stereocenters. The van der Waals surface area contributed by atoms with Crippen molar-refractivity contribution in [2.75, 3.05) is 32.8 Å². The van der Waals surface area contributed by atoms with E-state index in [4.69, 9.17) is 4.74 Å². The first-order valence-electron chi connectivity index (χ1n) is 11.8. The van der Waals surface area contributed by atoms with E-state index in [1.165, 1.54) is 6.07 Å². The van der Waals surface area contributed by atoms with E-state index in [1.54, 1.807) is 52.3 Å². The molecule has 0 fully saturated rings. The summed E-state index contributed by atoms with van der Waals surface area (Å²) in [6, 6.07) is 13.0. The molecule has 0 aliphatic rings. The minimum atomic E-state index is -1.04. The van der Waals surface area contributed by atoms with Gasteiger partial charge in [-0.3, -0.25) is 19.4 Å². The maximum absolute atomic E-state index is 11.7. The highest BCUT2D eigenvalue weighted by Gasteiger charge is 2.26. The number of carbonyl (C=O) groups is 2. The SMILES string of the molecule is CCCCCOCC(CN(CC(=O)O)Cc1ccccc1O)N(CC(=O)O)Cc1ccccc1O. The van der Waals surface area contributed by atoms with Crippen LogP contribution in [0, 0.1) is 0 Å². The number of carboxylic acids is 2. The van der Waals surface area contributed by atoms with Gasteiger partial charge in [-0.2, -0.15) is 0 Å². The lowest BCUT2D eigenvalue weighted by Crippen LogP contribution is -2.49. The second-order valence-corrected chi connectivity index (χ2v) is 8.56. The minimum Gasteiger partial charge on any atom is -0.508 e. The number of carboxylic acid groups (broad SMARTS) is 2. The molecule has 0 heterocycles. The van der Waals surface area contributed by atoms with Crippen molar-refractivity contribution in [2.24, 2.45) is 0 Å². The second kappa shape index (κ2) is 15.0. The zero-order valence-electron chi connectivity index (χ0n) is 20.2. The van der Waals surface area contributed by atoms with Crippen molar-refractivity contribution < 1.29 is 34.8 Å². The Hall–Kier alpha value is -3.14. The van der Waals surface area contributed by atoms with Gasteiger partial charge in [0.25, 0.3) is 0 Å². The Kier molecular flexibility index (Phi) is 12.0. The Morgan fingerprint density at radius 2 is 1.43 bits per heavy atom. The third-order valence-corrected chi connectivity index (χ3v) is 5.64. The number of benzene rings is 2. The van der Waals surface area contributed by atoms with Gasteiger partial charge in [-0.1, -0.05) is 56.2 Å². The quantitative estimate of drug-likeness (QED) is 0.248. The first kappa shape index (κ1) is 28.1. The number of aliphatic carboxylic acids is 2. The van der Waals surface area contributed by atoms with Crippen molar-refractivity contribution >= 4 is 11.9 Å². The molecule has 0 spiro atoms. The number of phenols is 2. The highest BCUT2D eigenvalue weighted by Crippen LogP contribution is 2.21. The van der Waals surface area contributed by atoms with Crippen LogP contribution in [-0.4, -0.2) is 81.1 Å². The molecule has 2 aromatic carbocycles. The fraction of sp³-hybridized carbons (Fsp3) is 0.462. The van der Waals surface area contributed by atoms with E-state index < -0.39 is 18.0 Å². The van der Waals surface area contributed by atoms with E-state index >= 15 is 0 Å². The molecule has 0 aliphatic heterocycles. The van der Waals surface area contributed by atoms with Crippen LogP contribution in [0.4, 0.5) is 0 Å². The molecule has 2 aromatic rings. The monoisotopic (exact) mass is 488 g/mol. The number of hydrogen-bond acceptors (Lipinski definition) is 7. The minimum absolute atomic E-state index is 0.0575. The summed E-state index contributed by atoms with van der Waals surface area (Å²) < 4.78 is 5.89. The number of phenolic OH excluding ortho intramolecular Hbond substituents is 2.